The molecule has 21 nitrogen and oxygen atoms in total. The molecule has 336 valence electrons. The Morgan fingerprint density at radius 2 is 1.05 bits per heavy atom. The van der Waals surface area contributed by atoms with Crippen LogP contribution in [-0.4, -0.2) is 131 Å². The van der Waals surface area contributed by atoms with Gasteiger partial charge in [-0.15, -0.1) is 20.4 Å². The number of carboxylic acid groups (broad SMARTS) is 1. The van der Waals surface area contributed by atoms with E-state index in [0.717, 1.165) is 11.1 Å². The Bertz CT molecular complexity index is 2390. The Morgan fingerprint density at radius 3 is 1.47 bits per heavy atom. The molecular weight excluding hydrogens is 827 g/mol. The summed E-state index contributed by atoms with van der Waals surface area (Å²) in [5, 5.41) is 53.4. The summed E-state index contributed by atoms with van der Waals surface area (Å²) >= 11 is 0. The largest absolute Gasteiger partial charge is 1.00 e. The van der Waals surface area contributed by atoms with Crippen LogP contribution in [0, 0.1) is 0 Å². The Balaban J connectivity index is 0.000000332. The molecule has 0 saturated heterocycles. The van der Waals surface area contributed by atoms with Crippen LogP contribution in [-0.2, 0) is 46.4 Å². The van der Waals surface area contributed by atoms with E-state index in [4.69, 9.17) is 40.3 Å². The Labute approximate surface area is 380 Å². The van der Waals surface area contributed by atoms with E-state index in [0.29, 0.717) is 73.2 Å². The summed E-state index contributed by atoms with van der Waals surface area (Å²) in [6.07, 6.45) is 7.00. The van der Waals surface area contributed by atoms with Crippen molar-refractivity contribution in [2.45, 2.75) is 39.5 Å². The summed E-state index contributed by atoms with van der Waals surface area (Å²) in [4.78, 5) is 21.9. The first-order valence-electron chi connectivity index (χ1n) is 19.4. The van der Waals surface area contributed by atoms with Crippen molar-refractivity contribution in [1.82, 2.24) is 40.0 Å². The second-order valence-electron chi connectivity index (χ2n) is 14.4. The van der Waals surface area contributed by atoms with Crippen molar-refractivity contribution in [3.8, 4) is 56.3 Å². The van der Waals surface area contributed by atoms with E-state index in [2.05, 4.69) is 30.6 Å². The second-order valence-corrected chi connectivity index (χ2v) is 14.4. The Morgan fingerprint density at radius 1 is 0.625 bits per heavy atom. The number of ether oxygens (including phenoxy) is 5. The fourth-order valence-electron chi connectivity index (χ4n) is 5.60. The fourth-order valence-corrected chi connectivity index (χ4v) is 5.60. The van der Waals surface area contributed by atoms with Gasteiger partial charge in [-0.3, -0.25) is 9.36 Å². The number of aliphatic carboxylic acids is 1. The number of rotatable bonds is 20. The van der Waals surface area contributed by atoms with E-state index in [1.54, 1.807) is 97.1 Å². The summed E-state index contributed by atoms with van der Waals surface area (Å²) < 4.78 is 29.7. The summed E-state index contributed by atoms with van der Waals surface area (Å²) in [7, 11) is 0. The number of phenols is 2. The number of para-hydroxylation sites is 2. The van der Waals surface area contributed by atoms with Crippen molar-refractivity contribution in [3.05, 3.63) is 85.5 Å². The number of hydrogen-bond acceptors (Lipinski definition) is 18. The summed E-state index contributed by atoms with van der Waals surface area (Å²) in [5.74, 6) is -0.655. The first kappa shape index (κ1) is 51.9. The molecule has 0 unspecified atom stereocenters. The van der Waals surface area contributed by atoms with Crippen LogP contribution in [0.25, 0.3) is 44.8 Å². The van der Waals surface area contributed by atoms with Crippen LogP contribution in [0.1, 0.15) is 20.8 Å². The van der Waals surface area contributed by atoms with Gasteiger partial charge in [0.05, 0.1) is 76.5 Å². The summed E-state index contributed by atoms with van der Waals surface area (Å²) in [5.41, 5.74) is 16.5. The molecule has 2 aromatic carbocycles. The van der Waals surface area contributed by atoms with Crippen molar-refractivity contribution in [1.29, 1.82) is 0 Å². The van der Waals surface area contributed by atoms with Gasteiger partial charge in [0.25, 0.3) is 0 Å². The van der Waals surface area contributed by atoms with E-state index in [1.165, 1.54) is 0 Å². The zero-order valence-electron chi connectivity index (χ0n) is 36.0. The molecule has 6 aromatic rings. The number of anilines is 2. The number of carbonyl (C=O) groups is 2. The van der Waals surface area contributed by atoms with Crippen LogP contribution in [0.5, 0.6) is 11.5 Å². The molecule has 0 aliphatic rings. The molecule has 0 aliphatic heterocycles. The zero-order chi connectivity index (χ0) is 44.5. The standard InChI is InChI=1S/C23H29N5O5.C19H21N5O5.Li.H2O/c1-23(2,3)33-21(30)15-32-11-10-31-9-8-28-14-16(13-25-28)18-12-19(26-27-22(18)24)17-6-4-5-7-20(17)29;20-19-15(9-16(22-23-19)14-3-1-2-4-17(14)25)13-10-21-24(11-13)5-6-28-7-8-29-12-18(26)27;;/h4-7,12-14,29H,8-11,15H2,1-3H3,(H2,24,27);1-4,9-11,25H,5-8,12H2,(H2,20,23)(H,26,27);;1H2/q;;+1;/p-1. The maximum atomic E-state index is 11.6. The molecule has 0 atom stereocenters. The molecule has 4 heterocycles. The van der Waals surface area contributed by atoms with E-state index in [-0.39, 0.29) is 73.9 Å². The minimum atomic E-state index is -1.01. The van der Waals surface area contributed by atoms with Gasteiger partial charge in [-0.2, -0.15) is 10.2 Å². The summed E-state index contributed by atoms with van der Waals surface area (Å²) in [6, 6.07) is 17.3. The Kier molecular flexibility index (Phi) is 20.8. The van der Waals surface area contributed by atoms with Gasteiger partial charge >= 0.3 is 30.8 Å². The minimum Gasteiger partial charge on any atom is -0.870 e. The van der Waals surface area contributed by atoms with Crippen LogP contribution >= 0.6 is 0 Å². The SMILES string of the molecule is CC(C)(C)OC(=O)COCCOCCn1cc(-c2cc(-c3ccccc3O)nnc2N)cn1.Nc1nnc(-c2ccccc2O)cc1-c1cnn(CCOCCOCC(=O)O)c1.[Li+].[OH-]. The van der Waals surface area contributed by atoms with Crippen molar-refractivity contribution in [2.24, 2.45) is 0 Å². The molecule has 0 bridgehead atoms. The predicted molar refractivity (Wildman–Crippen MR) is 228 cm³/mol. The molecule has 0 radical (unpaired) electrons. The number of phenolic OH excluding ortho intramolecular Hbond substituents is 2. The number of aromatic nitrogens is 8. The number of hydrogen-bond donors (Lipinski definition) is 5. The van der Waals surface area contributed by atoms with Gasteiger partial charge < -0.3 is 55.9 Å². The molecular formula is C42H51LiN10O11. The Hall–Kier alpha value is -6.44. The molecule has 0 fully saturated rings. The van der Waals surface area contributed by atoms with Crippen LogP contribution < -0.4 is 30.3 Å². The number of benzene rings is 2. The van der Waals surface area contributed by atoms with Gasteiger partial charge in [0.1, 0.15) is 30.3 Å². The van der Waals surface area contributed by atoms with Crippen LogP contribution in [0.4, 0.5) is 11.6 Å². The number of nitrogens with two attached hydrogens (primary N) is 2. The van der Waals surface area contributed by atoms with Crippen LogP contribution in [0.15, 0.2) is 85.5 Å². The van der Waals surface area contributed by atoms with E-state index >= 15 is 0 Å². The average Bonchev–Trinajstić information content (AvgIpc) is 3.91. The molecule has 0 saturated carbocycles. The van der Waals surface area contributed by atoms with Crippen molar-refractivity contribution < 1.29 is 72.9 Å². The quantitative estimate of drug-likeness (QED) is 0.0404. The topological polar surface area (TPSA) is 310 Å². The predicted octanol–water partition coefficient (Wildman–Crippen LogP) is 0.910. The van der Waals surface area contributed by atoms with Crippen molar-refractivity contribution >= 4 is 23.6 Å². The third kappa shape index (κ3) is 16.4. The molecule has 0 aliphatic carbocycles. The summed E-state index contributed by atoms with van der Waals surface area (Å²) in [6.45, 7) is 7.97. The molecule has 0 spiro atoms. The maximum absolute atomic E-state index is 11.6. The molecule has 64 heavy (non-hydrogen) atoms. The van der Waals surface area contributed by atoms with Crippen LogP contribution in [0.2, 0.25) is 0 Å². The monoisotopic (exact) mass is 878 g/mol. The van der Waals surface area contributed by atoms with Crippen LogP contribution in [0.3, 0.4) is 0 Å². The number of nitrogens with zero attached hydrogens (tertiary/aromatic N) is 8. The first-order valence-corrected chi connectivity index (χ1v) is 19.4. The molecule has 6 rings (SSSR count). The molecule has 0 amide bonds. The van der Waals surface area contributed by atoms with E-state index in [1.807, 2.05) is 18.5 Å². The minimum absolute atomic E-state index is 0. The number of carbonyl (C=O) groups excluding carboxylic acids is 1. The normalized spacial score (nSPS) is 10.9. The maximum Gasteiger partial charge on any atom is 1.00 e. The van der Waals surface area contributed by atoms with E-state index < -0.39 is 17.5 Å². The molecule has 8 N–H and O–H groups in total. The van der Waals surface area contributed by atoms with Crippen molar-refractivity contribution in [3.63, 3.8) is 0 Å². The third-order valence-electron chi connectivity index (χ3n) is 8.43. The zero-order valence-corrected chi connectivity index (χ0v) is 36.0. The van der Waals surface area contributed by atoms with Gasteiger partial charge in [-0.1, -0.05) is 24.3 Å². The smallest absolute Gasteiger partial charge is 0.870 e. The number of aromatic hydroxyl groups is 2. The first-order chi connectivity index (χ1) is 29.8. The van der Waals surface area contributed by atoms with Crippen molar-refractivity contribution in [2.75, 3.05) is 64.3 Å². The molecule has 4 aromatic heterocycles. The van der Waals surface area contributed by atoms with Gasteiger partial charge in [0, 0.05) is 45.8 Å². The van der Waals surface area contributed by atoms with Gasteiger partial charge in [-0.05, 0) is 57.2 Å². The fraction of sp³-hybridized carbons (Fsp3) is 0.333. The van der Waals surface area contributed by atoms with Gasteiger partial charge in [0.2, 0.25) is 0 Å². The van der Waals surface area contributed by atoms with E-state index in [9.17, 15) is 19.8 Å². The van der Waals surface area contributed by atoms with Gasteiger partial charge in [0.15, 0.2) is 11.6 Å². The third-order valence-corrected chi connectivity index (χ3v) is 8.43. The number of esters is 1. The molecule has 22 heteroatoms. The van der Waals surface area contributed by atoms with Gasteiger partial charge in [-0.25, -0.2) is 9.59 Å². The number of nitrogen functional groups attached to an aromatic ring is 2. The average molecular weight is 879 g/mol. The second kappa shape index (κ2) is 25.6. The number of carboxylic acids is 1.